The highest BCUT2D eigenvalue weighted by Gasteiger charge is 2.41. The topological polar surface area (TPSA) is 75.5 Å². The molecule has 2 rings (SSSR count). The molecule has 1 N–H and O–H groups in total. The third kappa shape index (κ3) is 2.84. The molecule has 1 atom stereocenters. The smallest absolute Gasteiger partial charge is 0.311 e. The Labute approximate surface area is 118 Å². The highest BCUT2D eigenvalue weighted by molar-refractivity contribution is 5.75. The van der Waals surface area contributed by atoms with Gasteiger partial charge in [0.1, 0.15) is 0 Å². The van der Waals surface area contributed by atoms with Crippen LogP contribution in [-0.4, -0.2) is 40.7 Å². The molecule has 1 aliphatic heterocycles. The van der Waals surface area contributed by atoms with Crippen molar-refractivity contribution < 1.29 is 14.6 Å². The van der Waals surface area contributed by atoms with Gasteiger partial charge in [0.25, 0.3) is 0 Å². The minimum atomic E-state index is -0.731. The molecule has 1 saturated heterocycles. The standard InChI is InChI=1S/C14H21N3O3/c1-3-14(12(18)19)7-5-9-17(10-14)13-15-8-6-11(16-13)20-4-2/h6,8H,3-5,7,9-10H2,1-2H3,(H,18,19). The van der Waals surface area contributed by atoms with E-state index < -0.39 is 11.4 Å². The first kappa shape index (κ1) is 14.6. The summed E-state index contributed by atoms with van der Waals surface area (Å²) in [6.07, 6.45) is 3.81. The monoisotopic (exact) mass is 279 g/mol. The van der Waals surface area contributed by atoms with Crippen LogP contribution in [0.2, 0.25) is 0 Å². The maximum atomic E-state index is 11.6. The number of hydrogen-bond donors (Lipinski definition) is 1. The molecular weight excluding hydrogens is 258 g/mol. The van der Waals surface area contributed by atoms with Crippen LogP contribution in [0.25, 0.3) is 0 Å². The Kier molecular flexibility index (Phi) is 4.42. The number of anilines is 1. The van der Waals surface area contributed by atoms with Crippen molar-refractivity contribution in [1.29, 1.82) is 0 Å². The molecule has 0 aliphatic carbocycles. The summed E-state index contributed by atoms with van der Waals surface area (Å²) < 4.78 is 5.37. The summed E-state index contributed by atoms with van der Waals surface area (Å²) >= 11 is 0. The second kappa shape index (κ2) is 6.07. The predicted octanol–water partition coefficient (Wildman–Crippen LogP) is 1.96. The molecule has 6 nitrogen and oxygen atoms in total. The van der Waals surface area contributed by atoms with E-state index in [1.165, 1.54) is 0 Å². The third-order valence-electron chi connectivity index (χ3n) is 3.90. The van der Waals surface area contributed by atoms with Crippen molar-refractivity contribution in [2.24, 2.45) is 5.41 Å². The molecule has 1 aromatic rings. The van der Waals surface area contributed by atoms with E-state index >= 15 is 0 Å². The van der Waals surface area contributed by atoms with E-state index in [1.807, 2.05) is 18.7 Å². The lowest BCUT2D eigenvalue weighted by Gasteiger charge is -2.39. The van der Waals surface area contributed by atoms with Crippen LogP contribution in [0.1, 0.15) is 33.1 Å². The molecule has 6 heteroatoms. The lowest BCUT2D eigenvalue weighted by molar-refractivity contribution is -0.149. The van der Waals surface area contributed by atoms with Crippen molar-refractivity contribution in [3.8, 4) is 5.88 Å². The average molecular weight is 279 g/mol. The lowest BCUT2D eigenvalue weighted by atomic mass is 9.78. The van der Waals surface area contributed by atoms with Gasteiger partial charge < -0.3 is 14.7 Å². The van der Waals surface area contributed by atoms with E-state index in [9.17, 15) is 9.90 Å². The molecule has 1 fully saturated rings. The van der Waals surface area contributed by atoms with Gasteiger partial charge in [-0.1, -0.05) is 6.92 Å². The molecule has 0 spiro atoms. The van der Waals surface area contributed by atoms with Crippen LogP contribution in [-0.2, 0) is 4.79 Å². The normalized spacial score (nSPS) is 22.6. The van der Waals surface area contributed by atoms with Crippen molar-refractivity contribution in [2.45, 2.75) is 33.1 Å². The van der Waals surface area contributed by atoms with E-state index in [-0.39, 0.29) is 0 Å². The highest BCUT2D eigenvalue weighted by Crippen LogP contribution is 2.35. The quantitative estimate of drug-likeness (QED) is 0.888. The summed E-state index contributed by atoms with van der Waals surface area (Å²) in [6.45, 7) is 5.60. The Hall–Kier alpha value is -1.85. The number of ether oxygens (including phenoxy) is 1. The zero-order valence-corrected chi connectivity index (χ0v) is 12.0. The average Bonchev–Trinajstić information content (AvgIpc) is 2.48. The summed E-state index contributed by atoms with van der Waals surface area (Å²) in [5.74, 6) is 0.348. The van der Waals surface area contributed by atoms with E-state index in [0.717, 1.165) is 13.0 Å². The number of hydrogen-bond acceptors (Lipinski definition) is 5. The van der Waals surface area contributed by atoms with E-state index in [2.05, 4.69) is 9.97 Å². The molecular formula is C14H21N3O3. The Morgan fingerprint density at radius 1 is 1.55 bits per heavy atom. The number of aliphatic carboxylic acids is 1. The second-order valence-electron chi connectivity index (χ2n) is 5.09. The molecule has 110 valence electrons. The molecule has 0 saturated carbocycles. The number of carboxylic acid groups (broad SMARTS) is 1. The zero-order valence-electron chi connectivity index (χ0n) is 12.0. The third-order valence-corrected chi connectivity index (χ3v) is 3.90. The van der Waals surface area contributed by atoms with Crippen LogP contribution in [0.15, 0.2) is 12.3 Å². The number of rotatable bonds is 5. The first-order chi connectivity index (χ1) is 9.61. The number of carbonyl (C=O) groups is 1. The van der Waals surface area contributed by atoms with Crippen molar-refractivity contribution in [3.63, 3.8) is 0 Å². The summed E-state index contributed by atoms with van der Waals surface area (Å²) in [7, 11) is 0. The molecule has 1 aromatic heterocycles. The Balaban J connectivity index is 2.20. The van der Waals surface area contributed by atoms with Crippen molar-refractivity contribution in [1.82, 2.24) is 9.97 Å². The van der Waals surface area contributed by atoms with Gasteiger partial charge in [-0.05, 0) is 26.2 Å². The van der Waals surface area contributed by atoms with Crippen LogP contribution >= 0.6 is 0 Å². The van der Waals surface area contributed by atoms with Gasteiger partial charge in [-0.25, -0.2) is 4.98 Å². The highest BCUT2D eigenvalue weighted by atomic mass is 16.5. The summed E-state index contributed by atoms with van der Waals surface area (Å²) in [4.78, 5) is 22.1. The Morgan fingerprint density at radius 3 is 3.00 bits per heavy atom. The van der Waals surface area contributed by atoms with Crippen LogP contribution in [0.5, 0.6) is 5.88 Å². The molecule has 0 bridgehead atoms. The van der Waals surface area contributed by atoms with Gasteiger partial charge in [0.05, 0.1) is 12.0 Å². The minimum absolute atomic E-state index is 0.453. The lowest BCUT2D eigenvalue weighted by Crippen LogP contribution is -2.48. The predicted molar refractivity (Wildman–Crippen MR) is 75.0 cm³/mol. The summed E-state index contributed by atoms with van der Waals surface area (Å²) in [5, 5.41) is 9.50. The van der Waals surface area contributed by atoms with E-state index in [4.69, 9.17) is 4.74 Å². The summed E-state index contributed by atoms with van der Waals surface area (Å²) in [6, 6.07) is 1.71. The van der Waals surface area contributed by atoms with Gasteiger partial charge in [0.15, 0.2) is 0 Å². The molecule has 0 radical (unpaired) electrons. The minimum Gasteiger partial charge on any atom is -0.481 e. The van der Waals surface area contributed by atoms with Crippen molar-refractivity contribution >= 4 is 11.9 Å². The van der Waals surface area contributed by atoms with Crippen LogP contribution in [0, 0.1) is 5.41 Å². The fourth-order valence-electron chi connectivity index (χ4n) is 2.63. The van der Waals surface area contributed by atoms with Crippen LogP contribution in [0.4, 0.5) is 5.95 Å². The van der Waals surface area contributed by atoms with E-state index in [1.54, 1.807) is 12.3 Å². The first-order valence-corrected chi connectivity index (χ1v) is 7.05. The fraction of sp³-hybridized carbons (Fsp3) is 0.643. The zero-order chi connectivity index (χ0) is 14.6. The van der Waals surface area contributed by atoms with Gasteiger partial charge >= 0.3 is 5.97 Å². The Bertz CT molecular complexity index is 480. The van der Waals surface area contributed by atoms with Crippen LogP contribution < -0.4 is 9.64 Å². The number of carboxylic acids is 1. The largest absolute Gasteiger partial charge is 0.481 e. The van der Waals surface area contributed by atoms with Crippen molar-refractivity contribution in [3.05, 3.63) is 12.3 Å². The van der Waals surface area contributed by atoms with Gasteiger partial charge in [-0.2, -0.15) is 4.98 Å². The number of piperidine rings is 1. The Morgan fingerprint density at radius 2 is 2.35 bits per heavy atom. The molecule has 0 aromatic carbocycles. The van der Waals surface area contributed by atoms with Gasteiger partial charge in [-0.3, -0.25) is 4.79 Å². The molecule has 1 unspecified atom stereocenters. The molecule has 2 heterocycles. The van der Waals surface area contributed by atoms with E-state index in [0.29, 0.717) is 37.8 Å². The number of aromatic nitrogens is 2. The maximum absolute atomic E-state index is 11.6. The fourth-order valence-corrected chi connectivity index (χ4v) is 2.63. The number of nitrogens with zero attached hydrogens (tertiary/aromatic N) is 3. The molecule has 0 amide bonds. The second-order valence-corrected chi connectivity index (χ2v) is 5.09. The SMILES string of the molecule is CCOc1ccnc(N2CCCC(CC)(C(=O)O)C2)n1. The van der Waals surface area contributed by atoms with Gasteiger partial charge in [0, 0.05) is 25.4 Å². The molecule has 1 aliphatic rings. The summed E-state index contributed by atoms with van der Waals surface area (Å²) in [5.41, 5.74) is -0.691. The maximum Gasteiger partial charge on any atom is 0.311 e. The van der Waals surface area contributed by atoms with Crippen LogP contribution in [0.3, 0.4) is 0 Å². The van der Waals surface area contributed by atoms with Gasteiger partial charge in [0.2, 0.25) is 11.8 Å². The van der Waals surface area contributed by atoms with Gasteiger partial charge in [-0.15, -0.1) is 0 Å². The molecule has 20 heavy (non-hydrogen) atoms. The van der Waals surface area contributed by atoms with Crippen molar-refractivity contribution in [2.75, 3.05) is 24.6 Å². The first-order valence-electron chi connectivity index (χ1n) is 7.05.